The van der Waals surface area contributed by atoms with E-state index in [2.05, 4.69) is 30.4 Å². The number of carbonyl (C=O) groups excluding carboxylic acids is 1. The maximum absolute atomic E-state index is 12.4. The van der Waals surface area contributed by atoms with Gasteiger partial charge in [-0.15, -0.1) is 0 Å². The summed E-state index contributed by atoms with van der Waals surface area (Å²) in [6.07, 6.45) is 3.93. The van der Waals surface area contributed by atoms with E-state index in [1.807, 2.05) is 48.7 Å². The first-order valence-electron chi connectivity index (χ1n) is 9.69. The van der Waals surface area contributed by atoms with Crippen molar-refractivity contribution >= 4 is 41.2 Å². The van der Waals surface area contributed by atoms with Crippen LogP contribution in [0.2, 0.25) is 5.02 Å². The Balaban J connectivity index is 1.66. The molecule has 1 N–H and O–H groups in total. The first-order valence-corrected chi connectivity index (χ1v) is 10.9. The summed E-state index contributed by atoms with van der Waals surface area (Å²) in [5, 5.41) is 3.68. The van der Waals surface area contributed by atoms with Gasteiger partial charge in [0.25, 0.3) is 5.91 Å². The van der Waals surface area contributed by atoms with Crippen LogP contribution in [0.1, 0.15) is 35.7 Å². The van der Waals surface area contributed by atoms with Crippen LogP contribution in [-0.2, 0) is 0 Å². The Morgan fingerprint density at radius 2 is 1.90 bits per heavy atom. The van der Waals surface area contributed by atoms with Crippen LogP contribution < -0.4 is 5.32 Å². The van der Waals surface area contributed by atoms with Gasteiger partial charge >= 0.3 is 0 Å². The quantitative estimate of drug-likeness (QED) is 0.362. The van der Waals surface area contributed by atoms with Gasteiger partial charge in [0, 0.05) is 38.7 Å². The zero-order chi connectivity index (χ0) is 20.2. The van der Waals surface area contributed by atoms with E-state index in [4.69, 9.17) is 16.6 Å². The molecule has 29 heavy (non-hydrogen) atoms. The van der Waals surface area contributed by atoms with E-state index in [9.17, 15) is 4.79 Å². The molecule has 0 fully saturated rings. The number of rotatable bonds is 5. The van der Waals surface area contributed by atoms with Crippen LogP contribution in [0.5, 0.6) is 0 Å². The zero-order valence-electron chi connectivity index (χ0n) is 16.1. The molecule has 3 nitrogen and oxygen atoms in total. The first kappa shape index (κ1) is 19.7. The molecule has 0 saturated carbocycles. The average molecular weight is 421 g/mol. The summed E-state index contributed by atoms with van der Waals surface area (Å²) in [7, 11) is 0. The van der Waals surface area contributed by atoms with E-state index < -0.39 is 0 Å². The number of nitrogens with one attached hydrogen (secondary N) is 1. The maximum Gasteiger partial charge on any atom is 0.251 e. The number of hydrogen-bond donors (Lipinski definition) is 1. The molecule has 1 aliphatic heterocycles. The fraction of sp³-hybridized carbons (Fsp3) is 0.167. The maximum atomic E-state index is 12.4. The van der Waals surface area contributed by atoms with Gasteiger partial charge in [-0.25, -0.2) is 0 Å². The number of unbranched alkanes of at least 4 members (excludes halogenated alkanes) is 1. The van der Waals surface area contributed by atoms with Crippen molar-refractivity contribution in [1.82, 2.24) is 5.32 Å². The fourth-order valence-electron chi connectivity index (χ4n) is 3.23. The lowest BCUT2D eigenvalue weighted by Gasteiger charge is -2.10. The number of carbonyl (C=O) groups is 1. The molecule has 0 bridgehead atoms. The van der Waals surface area contributed by atoms with E-state index in [0.29, 0.717) is 12.1 Å². The van der Waals surface area contributed by atoms with Gasteiger partial charge in [-0.2, -0.15) is 0 Å². The Kier molecular flexibility index (Phi) is 6.02. The van der Waals surface area contributed by atoms with Crippen molar-refractivity contribution < 1.29 is 4.79 Å². The number of halogens is 1. The smallest absolute Gasteiger partial charge is 0.251 e. The van der Waals surface area contributed by atoms with Gasteiger partial charge in [-0.3, -0.25) is 9.79 Å². The summed E-state index contributed by atoms with van der Waals surface area (Å²) in [6.45, 7) is 2.80. The summed E-state index contributed by atoms with van der Waals surface area (Å²) in [6, 6.07) is 19.8. The Morgan fingerprint density at radius 3 is 2.69 bits per heavy atom. The van der Waals surface area contributed by atoms with E-state index in [0.717, 1.165) is 50.0 Å². The zero-order valence-corrected chi connectivity index (χ0v) is 17.7. The second-order valence-corrected chi connectivity index (χ2v) is 8.40. The molecule has 146 valence electrons. The van der Waals surface area contributed by atoms with Crippen molar-refractivity contribution in [3.05, 3.63) is 76.8 Å². The van der Waals surface area contributed by atoms with E-state index >= 15 is 0 Å². The Labute approximate surface area is 180 Å². The van der Waals surface area contributed by atoms with Crippen molar-refractivity contribution in [3.8, 4) is 11.1 Å². The van der Waals surface area contributed by atoms with E-state index in [-0.39, 0.29) is 5.91 Å². The predicted octanol–water partition coefficient (Wildman–Crippen LogP) is 6.75. The standard InChI is InChI=1S/C24H21ClN2OS/c1-2-3-13-26-24(28)17-9-12-23-21(14-17)27-15-20-19(5-4-6-22(20)29-23)16-7-10-18(25)11-8-16/h4-12,14-15H,2-3,13H2,1H3,(H,26,28). The summed E-state index contributed by atoms with van der Waals surface area (Å²) in [5.41, 5.74) is 4.74. The van der Waals surface area contributed by atoms with Crippen LogP contribution >= 0.6 is 23.4 Å². The van der Waals surface area contributed by atoms with Crippen LogP contribution in [0, 0.1) is 0 Å². The molecule has 0 atom stereocenters. The summed E-state index contributed by atoms with van der Waals surface area (Å²) >= 11 is 7.72. The number of hydrogen-bond acceptors (Lipinski definition) is 3. The van der Waals surface area contributed by atoms with Crippen LogP contribution in [0.15, 0.2) is 75.4 Å². The second-order valence-electron chi connectivity index (χ2n) is 6.88. The van der Waals surface area contributed by atoms with Crippen LogP contribution in [0.25, 0.3) is 11.1 Å². The third-order valence-corrected chi connectivity index (χ3v) is 6.20. The SMILES string of the molecule is CCCCNC(=O)c1ccc2c(c1)N=Cc1c(cccc1-c1ccc(Cl)cc1)S2. The number of nitrogens with zero attached hydrogens (tertiary/aromatic N) is 1. The van der Waals surface area contributed by atoms with Crippen molar-refractivity contribution in [2.75, 3.05) is 6.54 Å². The minimum absolute atomic E-state index is 0.0509. The van der Waals surface area contributed by atoms with Crippen LogP contribution in [0.4, 0.5) is 5.69 Å². The third kappa shape index (κ3) is 4.39. The molecular formula is C24H21ClN2OS. The lowest BCUT2D eigenvalue weighted by molar-refractivity contribution is 0.0953. The highest BCUT2D eigenvalue weighted by Crippen LogP contribution is 2.42. The molecular weight excluding hydrogens is 400 g/mol. The normalized spacial score (nSPS) is 12.1. The summed E-state index contributed by atoms with van der Waals surface area (Å²) in [4.78, 5) is 19.3. The molecule has 5 heteroatoms. The minimum atomic E-state index is -0.0509. The number of aliphatic imine (C=N–C) groups is 1. The molecule has 3 aromatic rings. The van der Waals surface area contributed by atoms with Gasteiger partial charge in [-0.1, -0.05) is 61.0 Å². The lowest BCUT2D eigenvalue weighted by Crippen LogP contribution is -2.24. The second kappa shape index (κ2) is 8.85. The predicted molar refractivity (Wildman–Crippen MR) is 122 cm³/mol. The van der Waals surface area contributed by atoms with Gasteiger partial charge in [0.1, 0.15) is 0 Å². The topological polar surface area (TPSA) is 41.5 Å². The van der Waals surface area contributed by atoms with Crippen molar-refractivity contribution in [3.63, 3.8) is 0 Å². The molecule has 0 saturated heterocycles. The van der Waals surface area contributed by atoms with Crippen molar-refractivity contribution in [2.45, 2.75) is 29.6 Å². The molecule has 0 aliphatic carbocycles. The van der Waals surface area contributed by atoms with Gasteiger partial charge < -0.3 is 5.32 Å². The molecule has 4 rings (SSSR count). The van der Waals surface area contributed by atoms with E-state index in [1.165, 1.54) is 0 Å². The Morgan fingerprint density at radius 1 is 1.07 bits per heavy atom. The van der Waals surface area contributed by atoms with E-state index in [1.54, 1.807) is 11.8 Å². The molecule has 1 amide bonds. The molecule has 3 aromatic carbocycles. The van der Waals surface area contributed by atoms with Gasteiger partial charge in [0.05, 0.1) is 5.69 Å². The molecule has 0 spiro atoms. The molecule has 0 unspecified atom stereocenters. The molecule has 1 aliphatic rings. The summed E-state index contributed by atoms with van der Waals surface area (Å²) in [5.74, 6) is -0.0509. The van der Waals surface area contributed by atoms with Crippen molar-refractivity contribution in [2.24, 2.45) is 4.99 Å². The van der Waals surface area contributed by atoms with Gasteiger partial charge in [0.15, 0.2) is 0 Å². The van der Waals surface area contributed by atoms with Gasteiger partial charge in [0.2, 0.25) is 0 Å². The average Bonchev–Trinajstić information content (AvgIpc) is 2.93. The monoisotopic (exact) mass is 420 g/mol. The molecule has 1 heterocycles. The highest BCUT2D eigenvalue weighted by Gasteiger charge is 2.16. The van der Waals surface area contributed by atoms with Gasteiger partial charge in [-0.05, 0) is 53.9 Å². The number of fused-ring (bicyclic) bond motifs is 2. The highest BCUT2D eigenvalue weighted by atomic mass is 35.5. The molecule has 0 aromatic heterocycles. The highest BCUT2D eigenvalue weighted by molar-refractivity contribution is 7.99. The van der Waals surface area contributed by atoms with Crippen LogP contribution in [0.3, 0.4) is 0 Å². The largest absolute Gasteiger partial charge is 0.352 e. The third-order valence-electron chi connectivity index (χ3n) is 4.81. The van der Waals surface area contributed by atoms with Crippen LogP contribution in [-0.4, -0.2) is 18.7 Å². The first-order chi connectivity index (χ1) is 14.2. The number of benzene rings is 3. The lowest BCUT2D eigenvalue weighted by atomic mass is 10.0. The summed E-state index contributed by atoms with van der Waals surface area (Å²) < 4.78 is 0. The minimum Gasteiger partial charge on any atom is -0.352 e. The Hall–Kier alpha value is -2.56. The number of amides is 1. The fourth-order valence-corrected chi connectivity index (χ4v) is 4.36. The molecule has 0 radical (unpaired) electrons. The van der Waals surface area contributed by atoms with Crippen molar-refractivity contribution in [1.29, 1.82) is 0 Å². The Bertz CT molecular complexity index is 1080.